The average Bonchev–Trinajstić information content (AvgIpc) is 3.18. The van der Waals surface area contributed by atoms with Crippen molar-refractivity contribution >= 4 is 17.2 Å². The summed E-state index contributed by atoms with van der Waals surface area (Å²) < 4.78 is 5.43. The van der Waals surface area contributed by atoms with Gasteiger partial charge in [0.05, 0.1) is 6.42 Å². The van der Waals surface area contributed by atoms with Crippen molar-refractivity contribution in [2.75, 3.05) is 6.54 Å². The van der Waals surface area contributed by atoms with Gasteiger partial charge in [-0.2, -0.15) is 4.98 Å². The molecule has 0 bridgehead atoms. The van der Waals surface area contributed by atoms with Crippen LogP contribution >= 0.6 is 11.3 Å². The van der Waals surface area contributed by atoms with Crippen molar-refractivity contribution in [3.05, 3.63) is 34.1 Å². The van der Waals surface area contributed by atoms with E-state index >= 15 is 0 Å². The van der Waals surface area contributed by atoms with Gasteiger partial charge in [-0.1, -0.05) is 25.1 Å². The summed E-state index contributed by atoms with van der Waals surface area (Å²) in [6.45, 7) is 4.85. The monoisotopic (exact) mass is 319 g/mol. The van der Waals surface area contributed by atoms with E-state index in [-0.39, 0.29) is 17.9 Å². The Morgan fingerprint density at radius 1 is 1.50 bits per heavy atom. The Balaban J connectivity index is 1.76. The quantitative estimate of drug-likeness (QED) is 0.864. The molecule has 3 heterocycles. The van der Waals surface area contributed by atoms with Gasteiger partial charge in [-0.3, -0.25) is 4.79 Å². The molecule has 1 amide bonds. The highest BCUT2D eigenvalue weighted by atomic mass is 32.1. The predicted molar refractivity (Wildman–Crippen MR) is 84.7 cm³/mol. The number of carbonyl (C=O) groups is 1. The lowest BCUT2D eigenvalue weighted by atomic mass is 10.0. The molecule has 3 rings (SSSR count). The van der Waals surface area contributed by atoms with Gasteiger partial charge in [0.15, 0.2) is 5.82 Å². The number of hydrogen-bond donors (Lipinski definition) is 0. The molecule has 1 unspecified atom stereocenters. The van der Waals surface area contributed by atoms with Gasteiger partial charge in [0.1, 0.15) is 6.04 Å². The number of carbonyl (C=O) groups excluding carboxylic acids is 1. The molecular weight excluding hydrogens is 298 g/mol. The number of amides is 1. The Morgan fingerprint density at radius 3 is 3.05 bits per heavy atom. The standard InChI is InChI=1S/C16H21N3O2S/c1-11(2)15-17-16(21-18-15)13-7-3-4-8-19(13)14(20)10-12-6-5-9-22-12/h5-6,9,11,13H,3-4,7-8,10H2,1-2H3. The van der Waals surface area contributed by atoms with Crippen LogP contribution in [-0.4, -0.2) is 27.5 Å². The minimum Gasteiger partial charge on any atom is -0.337 e. The van der Waals surface area contributed by atoms with Crippen LogP contribution in [0.3, 0.4) is 0 Å². The minimum absolute atomic E-state index is 0.0683. The molecule has 0 radical (unpaired) electrons. The first-order chi connectivity index (χ1) is 10.6. The van der Waals surface area contributed by atoms with E-state index in [1.165, 1.54) is 0 Å². The molecule has 6 heteroatoms. The maximum absolute atomic E-state index is 12.6. The van der Waals surface area contributed by atoms with E-state index in [4.69, 9.17) is 4.52 Å². The zero-order valence-corrected chi connectivity index (χ0v) is 13.8. The lowest BCUT2D eigenvalue weighted by molar-refractivity contribution is -0.134. The Morgan fingerprint density at radius 2 is 2.36 bits per heavy atom. The van der Waals surface area contributed by atoms with E-state index in [9.17, 15) is 4.79 Å². The van der Waals surface area contributed by atoms with Crippen LogP contribution in [-0.2, 0) is 11.2 Å². The molecule has 2 aromatic rings. The third-order valence-electron chi connectivity index (χ3n) is 3.99. The first-order valence-corrected chi connectivity index (χ1v) is 8.68. The molecule has 1 atom stereocenters. The van der Waals surface area contributed by atoms with Gasteiger partial charge >= 0.3 is 0 Å². The van der Waals surface area contributed by atoms with E-state index < -0.39 is 0 Å². The number of hydrogen-bond acceptors (Lipinski definition) is 5. The van der Waals surface area contributed by atoms with Gasteiger partial charge in [-0.25, -0.2) is 0 Å². The SMILES string of the molecule is CC(C)c1noc(C2CCCCN2C(=O)Cc2cccs2)n1. The van der Waals surface area contributed by atoms with E-state index in [0.717, 1.165) is 30.7 Å². The van der Waals surface area contributed by atoms with Gasteiger partial charge in [0.25, 0.3) is 0 Å². The maximum atomic E-state index is 12.6. The topological polar surface area (TPSA) is 59.2 Å². The fraction of sp³-hybridized carbons (Fsp3) is 0.562. The summed E-state index contributed by atoms with van der Waals surface area (Å²) in [4.78, 5) is 20.1. The predicted octanol–water partition coefficient (Wildman–Crippen LogP) is 3.55. The highest BCUT2D eigenvalue weighted by molar-refractivity contribution is 7.10. The summed E-state index contributed by atoms with van der Waals surface area (Å²) in [5, 5.41) is 6.04. The zero-order chi connectivity index (χ0) is 15.5. The van der Waals surface area contributed by atoms with Crippen LogP contribution in [0.5, 0.6) is 0 Å². The first kappa shape index (κ1) is 15.2. The van der Waals surface area contributed by atoms with Gasteiger partial charge in [-0.15, -0.1) is 11.3 Å². The molecule has 22 heavy (non-hydrogen) atoms. The Kier molecular flexibility index (Phi) is 4.57. The summed E-state index contributed by atoms with van der Waals surface area (Å²) in [6, 6.07) is 3.92. The highest BCUT2D eigenvalue weighted by Gasteiger charge is 2.32. The maximum Gasteiger partial charge on any atom is 0.249 e. The highest BCUT2D eigenvalue weighted by Crippen LogP contribution is 2.31. The van der Waals surface area contributed by atoms with Crippen LogP contribution in [0.1, 0.15) is 61.7 Å². The third-order valence-corrected chi connectivity index (χ3v) is 4.86. The molecule has 0 saturated carbocycles. The van der Waals surface area contributed by atoms with Crippen molar-refractivity contribution < 1.29 is 9.32 Å². The molecule has 0 N–H and O–H groups in total. The van der Waals surface area contributed by atoms with E-state index in [2.05, 4.69) is 10.1 Å². The van der Waals surface area contributed by atoms with Gasteiger partial charge in [0, 0.05) is 17.3 Å². The number of piperidine rings is 1. The van der Waals surface area contributed by atoms with Gasteiger partial charge in [-0.05, 0) is 30.7 Å². The largest absolute Gasteiger partial charge is 0.337 e. The summed E-state index contributed by atoms with van der Waals surface area (Å²) >= 11 is 1.62. The lowest BCUT2D eigenvalue weighted by Gasteiger charge is -2.33. The molecule has 0 aromatic carbocycles. The summed E-state index contributed by atoms with van der Waals surface area (Å²) in [5.41, 5.74) is 0. The Bertz CT molecular complexity index is 621. The second-order valence-electron chi connectivity index (χ2n) is 6.00. The number of thiophene rings is 1. The minimum atomic E-state index is -0.0683. The van der Waals surface area contributed by atoms with Crippen molar-refractivity contribution in [3.63, 3.8) is 0 Å². The summed E-state index contributed by atoms with van der Waals surface area (Å²) in [6.07, 6.45) is 3.49. The number of aromatic nitrogens is 2. The van der Waals surface area contributed by atoms with Crippen molar-refractivity contribution in [1.29, 1.82) is 0 Å². The third kappa shape index (κ3) is 3.21. The van der Waals surface area contributed by atoms with Crippen LogP contribution in [0.2, 0.25) is 0 Å². The van der Waals surface area contributed by atoms with Crippen LogP contribution in [0.4, 0.5) is 0 Å². The van der Waals surface area contributed by atoms with Gasteiger partial charge < -0.3 is 9.42 Å². The second kappa shape index (κ2) is 6.60. The van der Waals surface area contributed by atoms with Crippen LogP contribution in [0.25, 0.3) is 0 Å². The lowest BCUT2D eigenvalue weighted by Crippen LogP contribution is -2.39. The Labute approximate surface area is 134 Å². The number of nitrogens with zero attached hydrogens (tertiary/aromatic N) is 3. The molecule has 5 nitrogen and oxygen atoms in total. The van der Waals surface area contributed by atoms with Crippen LogP contribution < -0.4 is 0 Å². The second-order valence-corrected chi connectivity index (χ2v) is 7.03. The molecule has 2 aromatic heterocycles. The molecule has 1 aliphatic heterocycles. The molecule has 1 fully saturated rings. The molecule has 1 saturated heterocycles. The van der Waals surface area contributed by atoms with Gasteiger partial charge in [0.2, 0.25) is 11.8 Å². The van der Waals surface area contributed by atoms with Crippen LogP contribution in [0.15, 0.2) is 22.0 Å². The number of likely N-dealkylation sites (tertiary alicyclic amines) is 1. The Hall–Kier alpha value is -1.69. The smallest absolute Gasteiger partial charge is 0.249 e. The summed E-state index contributed by atoms with van der Waals surface area (Å²) in [5.74, 6) is 1.68. The van der Waals surface area contributed by atoms with E-state index in [1.54, 1.807) is 11.3 Å². The normalized spacial score (nSPS) is 18.9. The number of rotatable bonds is 4. The molecule has 118 valence electrons. The fourth-order valence-electron chi connectivity index (χ4n) is 2.77. The average molecular weight is 319 g/mol. The molecular formula is C16H21N3O2S. The van der Waals surface area contributed by atoms with Crippen LogP contribution in [0, 0.1) is 0 Å². The van der Waals surface area contributed by atoms with Crippen molar-refractivity contribution in [2.45, 2.75) is 51.5 Å². The van der Waals surface area contributed by atoms with E-state index in [1.807, 2.05) is 36.3 Å². The zero-order valence-electron chi connectivity index (χ0n) is 13.0. The molecule has 0 aliphatic carbocycles. The molecule has 1 aliphatic rings. The van der Waals surface area contributed by atoms with Crippen molar-refractivity contribution in [2.24, 2.45) is 0 Å². The fourth-order valence-corrected chi connectivity index (χ4v) is 3.46. The summed E-state index contributed by atoms with van der Waals surface area (Å²) in [7, 11) is 0. The molecule has 0 spiro atoms. The first-order valence-electron chi connectivity index (χ1n) is 7.80. The van der Waals surface area contributed by atoms with Crippen molar-refractivity contribution in [3.8, 4) is 0 Å². The van der Waals surface area contributed by atoms with E-state index in [0.29, 0.717) is 18.1 Å². The van der Waals surface area contributed by atoms with Crippen molar-refractivity contribution in [1.82, 2.24) is 15.0 Å².